The van der Waals surface area contributed by atoms with Gasteiger partial charge in [-0.15, -0.1) is 0 Å². The Balaban J connectivity index is 0.000000286. The Labute approximate surface area is 305 Å². The fourth-order valence-electron chi connectivity index (χ4n) is 7.94. The van der Waals surface area contributed by atoms with Crippen molar-refractivity contribution < 1.29 is 38.5 Å². The maximum Gasteiger partial charge on any atom is 0.240 e. The number of primary amides is 2. The highest BCUT2D eigenvalue weighted by Gasteiger charge is 2.42. The molecule has 4 fully saturated rings. The molecule has 2 heterocycles. The second-order valence-corrected chi connectivity index (χ2v) is 21.3. The van der Waals surface area contributed by atoms with E-state index in [0.29, 0.717) is 62.1 Å². The average Bonchev–Trinajstić information content (AvgIpc) is 3.90. The molecule has 0 aromatic heterocycles. The van der Waals surface area contributed by atoms with Crippen molar-refractivity contribution in [2.24, 2.45) is 35.1 Å². The summed E-state index contributed by atoms with van der Waals surface area (Å²) in [4.78, 5) is 75.1. The maximum atomic E-state index is 13.4. The Morgan fingerprint density at radius 3 is 1.51 bits per heavy atom. The molecule has 290 valence electrons. The van der Waals surface area contributed by atoms with Crippen molar-refractivity contribution in [3.63, 3.8) is 0 Å². The van der Waals surface area contributed by atoms with E-state index in [0.717, 1.165) is 57.8 Å². The van der Waals surface area contributed by atoms with E-state index in [9.17, 15) is 34.0 Å². The van der Waals surface area contributed by atoms with E-state index >= 15 is 0 Å². The van der Waals surface area contributed by atoms with Gasteiger partial charge in [-0.3, -0.25) is 34.0 Å². The quantitative estimate of drug-likeness (QED) is 0.0925. The number of nitrogens with zero attached hydrogens (tertiary/aromatic N) is 4. The summed E-state index contributed by atoms with van der Waals surface area (Å²) >= 11 is 0. The monoisotopic (exact) mass is 736 g/mol. The highest BCUT2D eigenvalue weighted by atomic mass is 28.4. The molecule has 2 saturated carbocycles. The summed E-state index contributed by atoms with van der Waals surface area (Å²) in [6.45, 7) is 11.8. The number of nitrogens with two attached hydrogens (primary N) is 2. The molecule has 6 amide bonds. The van der Waals surface area contributed by atoms with Crippen LogP contribution >= 0.6 is 0 Å². The van der Waals surface area contributed by atoms with Gasteiger partial charge in [-0.25, -0.2) is 10.1 Å². The summed E-state index contributed by atoms with van der Waals surface area (Å²) < 4.78 is 6.18. The van der Waals surface area contributed by atoms with E-state index in [-0.39, 0.29) is 35.9 Å². The lowest BCUT2D eigenvalue weighted by Crippen LogP contribution is -2.51. The first-order chi connectivity index (χ1) is 24.0. The molecule has 0 radical (unpaired) electrons. The van der Waals surface area contributed by atoms with Gasteiger partial charge in [-0.05, 0) is 68.5 Å². The molecule has 2 aliphatic heterocycles. The zero-order chi connectivity index (χ0) is 37.9. The normalized spacial score (nSPS) is 22.6. The number of carbonyl (C=O) groups excluding carboxylic acids is 6. The van der Waals surface area contributed by atoms with E-state index in [1.807, 2.05) is 0 Å². The molecule has 0 bridgehead atoms. The molecule has 4 aliphatic rings. The minimum Gasteiger partial charge on any atom is -0.368 e. The fourth-order valence-corrected chi connectivity index (χ4v) is 8.92. The van der Waals surface area contributed by atoms with Crippen molar-refractivity contribution in [2.45, 2.75) is 141 Å². The second kappa shape index (κ2) is 19.2. The lowest BCUT2D eigenvalue weighted by atomic mass is 9.91. The third-order valence-corrected chi connectivity index (χ3v) is 16.1. The molecule has 0 unspecified atom stereocenters. The van der Waals surface area contributed by atoms with Crippen molar-refractivity contribution in [3.05, 3.63) is 0 Å². The van der Waals surface area contributed by atoms with Crippen molar-refractivity contribution >= 4 is 44.8 Å². The molecular formula is C36H64N6O8Si. The van der Waals surface area contributed by atoms with E-state index in [4.69, 9.17) is 16.0 Å². The van der Waals surface area contributed by atoms with Crippen LogP contribution in [0.15, 0.2) is 0 Å². The van der Waals surface area contributed by atoms with Gasteiger partial charge >= 0.3 is 0 Å². The molecule has 4 rings (SSSR count). The molecule has 14 nitrogen and oxygen atoms in total. The lowest BCUT2D eigenvalue weighted by molar-refractivity contribution is -0.158. The van der Waals surface area contributed by atoms with E-state index in [1.54, 1.807) is 4.90 Å². The van der Waals surface area contributed by atoms with E-state index in [1.165, 1.54) is 22.8 Å². The summed E-state index contributed by atoms with van der Waals surface area (Å²) in [5.41, 5.74) is 10.9. The van der Waals surface area contributed by atoms with Crippen LogP contribution in [-0.4, -0.2) is 108 Å². The van der Waals surface area contributed by atoms with Crippen LogP contribution in [0.5, 0.6) is 0 Å². The van der Waals surface area contributed by atoms with Gasteiger partial charge in [0.25, 0.3) is 0 Å². The van der Waals surface area contributed by atoms with Crippen LogP contribution in [0.2, 0.25) is 18.1 Å². The molecular weight excluding hydrogens is 673 g/mol. The summed E-state index contributed by atoms with van der Waals surface area (Å²) in [7, 11) is -2.20. The van der Waals surface area contributed by atoms with Crippen molar-refractivity contribution in [1.29, 1.82) is 0 Å². The first kappa shape index (κ1) is 42.4. The van der Waals surface area contributed by atoms with Crippen LogP contribution in [0, 0.1) is 23.7 Å². The van der Waals surface area contributed by atoms with E-state index < -0.39 is 38.1 Å². The third kappa shape index (κ3) is 12.0. The highest BCUT2D eigenvalue weighted by molar-refractivity contribution is 6.74. The molecule has 0 aromatic carbocycles. The SMILES string of the molecule is CC(C)(C)[Si](C)(C)ON(C=O)C[C@@H](CC1CCCC1)C(=O)N1CCC[C@H]1C(N)=O.NC(=O)[C@@H]1CCCN1C(=O)[C@H](CC1CCCC1)CN(O)C=O. The summed E-state index contributed by atoms with van der Waals surface area (Å²) in [6, 6.07) is -1.08. The van der Waals surface area contributed by atoms with Crippen LogP contribution < -0.4 is 11.5 Å². The predicted octanol–water partition coefficient (Wildman–Crippen LogP) is 3.56. The zero-order valence-electron chi connectivity index (χ0n) is 31.6. The second-order valence-electron chi connectivity index (χ2n) is 16.6. The molecule has 0 spiro atoms. The number of hydrogen-bond acceptors (Lipinski definition) is 8. The topological polar surface area (TPSA) is 197 Å². The summed E-state index contributed by atoms with van der Waals surface area (Å²) in [5.74, 6) is -1.07. The van der Waals surface area contributed by atoms with Crippen LogP contribution in [0.4, 0.5) is 0 Å². The molecule has 5 N–H and O–H groups in total. The Kier molecular flexibility index (Phi) is 15.9. The number of likely N-dealkylation sites (tertiary alicyclic amines) is 2. The average molecular weight is 737 g/mol. The van der Waals surface area contributed by atoms with Gasteiger partial charge in [0.2, 0.25) is 44.8 Å². The number of rotatable bonds is 16. The fraction of sp³-hybridized carbons (Fsp3) is 0.833. The Morgan fingerprint density at radius 2 is 1.16 bits per heavy atom. The summed E-state index contributed by atoms with van der Waals surface area (Å²) in [5, 5.41) is 11.3. The van der Waals surface area contributed by atoms with Crippen molar-refractivity contribution in [2.75, 3.05) is 26.2 Å². The van der Waals surface area contributed by atoms with Gasteiger partial charge in [0.1, 0.15) is 12.1 Å². The van der Waals surface area contributed by atoms with Crippen LogP contribution in [0.3, 0.4) is 0 Å². The Morgan fingerprint density at radius 1 is 0.745 bits per heavy atom. The smallest absolute Gasteiger partial charge is 0.240 e. The molecule has 0 aromatic rings. The minimum atomic E-state index is -2.20. The number of carbonyl (C=O) groups is 6. The molecule has 15 heteroatoms. The number of hydrogen-bond donors (Lipinski definition) is 3. The molecule has 4 atom stereocenters. The zero-order valence-corrected chi connectivity index (χ0v) is 32.6. The third-order valence-electron chi connectivity index (χ3n) is 11.8. The highest BCUT2D eigenvalue weighted by Crippen LogP contribution is 2.38. The minimum absolute atomic E-state index is 0.0270. The van der Waals surface area contributed by atoms with Gasteiger partial charge in [0.15, 0.2) is 0 Å². The molecule has 51 heavy (non-hydrogen) atoms. The van der Waals surface area contributed by atoms with Gasteiger partial charge in [-0.1, -0.05) is 72.1 Å². The number of hydroxylamine groups is 4. The first-order valence-corrected chi connectivity index (χ1v) is 21.9. The summed E-state index contributed by atoms with van der Waals surface area (Å²) in [6.07, 6.45) is 14.2. The standard InChI is InChI=1S/C21H39N3O4Si.C15H25N3O4/c1-21(2,3)29(4,5)28-23(15-25)14-17(13-16-9-6-7-10-16)20(27)24-12-8-11-18(24)19(22)26;16-14(20)13-6-3-7-18(13)15(21)12(9-17(22)10-19)8-11-4-1-2-5-11/h15-18H,6-14H2,1-5H3,(H2,22,26);10-13,22H,1-9H2,(H2,16,20)/t17-,18+;12-,13+/m11/s1. The van der Waals surface area contributed by atoms with Gasteiger partial charge in [-0.2, -0.15) is 0 Å². The largest absolute Gasteiger partial charge is 0.368 e. The molecule has 2 aliphatic carbocycles. The van der Waals surface area contributed by atoms with Crippen LogP contribution in [0.25, 0.3) is 0 Å². The molecule has 2 saturated heterocycles. The van der Waals surface area contributed by atoms with E-state index in [2.05, 4.69) is 33.9 Å². The van der Waals surface area contributed by atoms with Crippen LogP contribution in [-0.2, 0) is 33.3 Å². The lowest BCUT2D eigenvalue weighted by Gasteiger charge is -2.39. The first-order valence-electron chi connectivity index (χ1n) is 19.0. The number of amides is 6. The van der Waals surface area contributed by atoms with Crippen molar-refractivity contribution in [1.82, 2.24) is 19.9 Å². The maximum absolute atomic E-state index is 13.4. The van der Waals surface area contributed by atoms with Gasteiger partial charge in [0, 0.05) is 13.1 Å². The Bertz CT molecular complexity index is 1200. The van der Waals surface area contributed by atoms with Gasteiger partial charge in [0.05, 0.1) is 24.9 Å². The van der Waals surface area contributed by atoms with Crippen LogP contribution in [0.1, 0.15) is 111 Å². The predicted molar refractivity (Wildman–Crippen MR) is 194 cm³/mol. The van der Waals surface area contributed by atoms with Crippen molar-refractivity contribution in [3.8, 4) is 0 Å². The van der Waals surface area contributed by atoms with Gasteiger partial charge < -0.3 is 25.8 Å². The Hall–Kier alpha value is -3.04.